The van der Waals surface area contributed by atoms with Crippen LogP contribution in [0, 0.1) is 11.2 Å². The standard InChI is InChI=1S/C34H35FN6O3/c1-34(2,3)44-33(42)39-32(36)26-8-12-28(13-9-26)43-20-4-17-38-21-23-5-14-29-30(24-15-18-37-19-16-24)31(40-41(29)22-23)25-6-10-27(35)11-7-25/h5-16,18-19,22,38H,4,17,20-21H2,1-3H3,(H2,36,39,42). The minimum Gasteiger partial charge on any atom is -0.494 e. The maximum absolute atomic E-state index is 13.6. The average molecular weight is 595 g/mol. The van der Waals surface area contributed by atoms with Crippen LogP contribution in [0.25, 0.3) is 27.9 Å². The zero-order valence-corrected chi connectivity index (χ0v) is 24.9. The van der Waals surface area contributed by atoms with Crippen molar-refractivity contribution in [2.45, 2.75) is 39.3 Å². The molecule has 1 amide bonds. The van der Waals surface area contributed by atoms with Gasteiger partial charge in [-0.15, -0.1) is 0 Å². The van der Waals surface area contributed by atoms with Crippen LogP contribution in [0.2, 0.25) is 0 Å². The zero-order valence-electron chi connectivity index (χ0n) is 24.9. The van der Waals surface area contributed by atoms with E-state index in [0.717, 1.165) is 46.4 Å². The second-order valence-electron chi connectivity index (χ2n) is 11.2. The topological polar surface area (TPSA) is 114 Å². The number of hydrogen-bond acceptors (Lipinski definition) is 7. The second-order valence-corrected chi connectivity index (χ2v) is 11.2. The largest absolute Gasteiger partial charge is 0.494 e. The van der Waals surface area contributed by atoms with Crippen LogP contribution in [-0.4, -0.2) is 45.3 Å². The summed E-state index contributed by atoms with van der Waals surface area (Å²) >= 11 is 0. The molecule has 0 spiro atoms. The number of hydrogen-bond donors (Lipinski definition) is 3. The SMILES string of the molecule is CC(C)(C)OC(=O)NC(=N)c1ccc(OCCCNCc2ccc3c(-c4ccncc4)c(-c4ccc(F)cc4)nn3c2)cc1. The van der Waals surface area contributed by atoms with E-state index in [-0.39, 0.29) is 11.7 Å². The number of aromatic nitrogens is 3. The third-order valence-electron chi connectivity index (χ3n) is 6.64. The number of carbonyl (C=O) groups excluding carboxylic acids is 1. The third kappa shape index (κ3) is 7.84. The summed E-state index contributed by atoms with van der Waals surface area (Å²) in [6, 6.07) is 21.4. The van der Waals surface area contributed by atoms with E-state index in [9.17, 15) is 9.18 Å². The van der Waals surface area contributed by atoms with Crippen LogP contribution < -0.4 is 15.4 Å². The Balaban J connectivity index is 1.13. The van der Waals surface area contributed by atoms with Crippen molar-refractivity contribution in [1.82, 2.24) is 25.2 Å². The van der Waals surface area contributed by atoms with Crippen LogP contribution in [0.1, 0.15) is 38.3 Å². The number of nitrogens with zero attached hydrogens (tertiary/aromatic N) is 3. The van der Waals surface area contributed by atoms with Crippen molar-refractivity contribution in [2.24, 2.45) is 0 Å². The molecule has 0 bridgehead atoms. The van der Waals surface area contributed by atoms with E-state index in [1.165, 1.54) is 12.1 Å². The Morgan fingerprint density at radius 3 is 2.39 bits per heavy atom. The van der Waals surface area contributed by atoms with Gasteiger partial charge in [-0.05, 0) is 112 Å². The monoisotopic (exact) mass is 594 g/mol. The van der Waals surface area contributed by atoms with Crippen molar-refractivity contribution in [1.29, 1.82) is 5.41 Å². The summed E-state index contributed by atoms with van der Waals surface area (Å²) in [7, 11) is 0. The van der Waals surface area contributed by atoms with Gasteiger partial charge in [-0.2, -0.15) is 5.10 Å². The molecule has 0 aliphatic carbocycles. The van der Waals surface area contributed by atoms with Gasteiger partial charge < -0.3 is 14.8 Å². The van der Waals surface area contributed by atoms with Gasteiger partial charge in [0.05, 0.1) is 12.1 Å². The molecular weight excluding hydrogens is 559 g/mol. The lowest BCUT2D eigenvalue weighted by atomic mass is 10.0. The fourth-order valence-corrected chi connectivity index (χ4v) is 4.62. The number of nitrogens with one attached hydrogen (secondary N) is 3. The highest BCUT2D eigenvalue weighted by Crippen LogP contribution is 2.35. The first kappa shape index (κ1) is 30.4. The van der Waals surface area contributed by atoms with Crippen molar-refractivity contribution in [3.8, 4) is 28.1 Å². The summed E-state index contributed by atoms with van der Waals surface area (Å²) < 4.78 is 26.5. The molecule has 226 valence electrons. The molecule has 0 saturated heterocycles. The van der Waals surface area contributed by atoms with E-state index in [1.54, 1.807) is 69.6 Å². The molecule has 0 fully saturated rings. The number of amidine groups is 1. The number of pyridine rings is 2. The normalized spacial score (nSPS) is 11.4. The number of ether oxygens (including phenoxy) is 2. The van der Waals surface area contributed by atoms with Crippen LogP contribution >= 0.6 is 0 Å². The first-order valence-corrected chi connectivity index (χ1v) is 14.4. The van der Waals surface area contributed by atoms with Crippen molar-refractivity contribution in [2.75, 3.05) is 13.2 Å². The Kier molecular flexibility index (Phi) is 9.30. The van der Waals surface area contributed by atoms with Gasteiger partial charge in [0.15, 0.2) is 0 Å². The molecule has 0 aliphatic heterocycles. The lowest BCUT2D eigenvalue weighted by Gasteiger charge is -2.19. The quantitative estimate of drug-likeness (QED) is 0.0953. The Morgan fingerprint density at radius 1 is 0.955 bits per heavy atom. The van der Waals surface area contributed by atoms with Gasteiger partial charge in [-0.25, -0.2) is 13.7 Å². The van der Waals surface area contributed by atoms with Crippen molar-refractivity contribution in [3.05, 3.63) is 108 Å². The summed E-state index contributed by atoms with van der Waals surface area (Å²) in [6.45, 7) is 7.24. The summed E-state index contributed by atoms with van der Waals surface area (Å²) in [4.78, 5) is 16.0. The molecule has 0 unspecified atom stereocenters. The molecule has 2 aromatic carbocycles. The first-order chi connectivity index (χ1) is 21.2. The molecule has 10 heteroatoms. The predicted octanol–water partition coefficient (Wildman–Crippen LogP) is 6.61. The molecule has 3 N–H and O–H groups in total. The molecule has 5 rings (SSSR count). The maximum Gasteiger partial charge on any atom is 0.413 e. The number of benzene rings is 2. The van der Waals surface area contributed by atoms with Crippen molar-refractivity contribution in [3.63, 3.8) is 0 Å². The Labute approximate surface area is 255 Å². The molecule has 3 heterocycles. The number of alkyl carbamates (subject to hydrolysis) is 1. The summed E-state index contributed by atoms with van der Waals surface area (Å²) in [5, 5.41) is 18.8. The molecular formula is C34H35FN6O3. The van der Waals surface area contributed by atoms with E-state index >= 15 is 0 Å². The van der Waals surface area contributed by atoms with Crippen LogP contribution in [0.3, 0.4) is 0 Å². The third-order valence-corrected chi connectivity index (χ3v) is 6.64. The predicted molar refractivity (Wildman–Crippen MR) is 168 cm³/mol. The van der Waals surface area contributed by atoms with Gasteiger partial charge in [0.25, 0.3) is 0 Å². The van der Waals surface area contributed by atoms with E-state index in [2.05, 4.69) is 27.8 Å². The maximum atomic E-state index is 13.6. The fourth-order valence-electron chi connectivity index (χ4n) is 4.62. The highest BCUT2D eigenvalue weighted by Gasteiger charge is 2.18. The van der Waals surface area contributed by atoms with Crippen LogP contribution in [-0.2, 0) is 11.3 Å². The average Bonchev–Trinajstić information content (AvgIpc) is 3.38. The molecule has 3 aromatic heterocycles. The number of fused-ring (bicyclic) bond motifs is 1. The molecule has 44 heavy (non-hydrogen) atoms. The summed E-state index contributed by atoms with van der Waals surface area (Å²) in [5.41, 5.74) is 5.53. The van der Waals surface area contributed by atoms with Gasteiger partial charge in [-0.1, -0.05) is 6.07 Å². The van der Waals surface area contributed by atoms with E-state index in [1.807, 2.05) is 22.8 Å². The molecule has 0 atom stereocenters. The molecule has 0 saturated carbocycles. The number of halogens is 1. The van der Waals surface area contributed by atoms with Gasteiger partial charge >= 0.3 is 6.09 Å². The second kappa shape index (κ2) is 13.5. The van der Waals surface area contributed by atoms with Crippen LogP contribution in [0.15, 0.2) is 91.4 Å². The van der Waals surface area contributed by atoms with Crippen LogP contribution in [0.5, 0.6) is 5.75 Å². The molecule has 5 aromatic rings. The minimum absolute atomic E-state index is 0.0384. The Bertz CT molecular complexity index is 1730. The highest BCUT2D eigenvalue weighted by molar-refractivity contribution is 6.04. The van der Waals surface area contributed by atoms with Gasteiger partial charge in [0.1, 0.15) is 28.7 Å². The number of carbonyl (C=O) groups is 1. The summed E-state index contributed by atoms with van der Waals surface area (Å²) in [5.74, 6) is 0.360. The summed E-state index contributed by atoms with van der Waals surface area (Å²) in [6.07, 6.45) is 5.64. The van der Waals surface area contributed by atoms with Gasteiger partial charge in [-0.3, -0.25) is 15.7 Å². The first-order valence-electron chi connectivity index (χ1n) is 14.4. The molecule has 9 nitrogen and oxygen atoms in total. The van der Waals surface area contributed by atoms with Gasteiger partial charge in [0.2, 0.25) is 0 Å². The van der Waals surface area contributed by atoms with Crippen molar-refractivity contribution >= 4 is 17.4 Å². The number of amides is 1. The lowest BCUT2D eigenvalue weighted by molar-refractivity contribution is 0.0563. The Morgan fingerprint density at radius 2 is 1.68 bits per heavy atom. The molecule has 0 radical (unpaired) electrons. The fraction of sp³-hybridized carbons (Fsp3) is 0.235. The van der Waals surface area contributed by atoms with Crippen molar-refractivity contribution < 1.29 is 18.7 Å². The molecule has 0 aliphatic rings. The Hall–Kier alpha value is -5.09. The minimum atomic E-state index is -0.663. The highest BCUT2D eigenvalue weighted by atomic mass is 19.1. The number of rotatable bonds is 10. The van der Waals surface area contributed by atoms with Crippen LogP contribution in [0.4, 0.5) is 9.18 Å². The lowest BCUT2D eigenvalue weighted by Crippen LogP contribution is -2.36. The van der Waals surface area contributed by atoms with E-state index in [4.69, 9.17) is 20.0 Å². The van der Waals surface area contributed by atoms with E-state index in [0.29, 0.717) is 24.5 Å². The van der Waals surface area contributed by atoms with Gasteiger partial charge in [0, 0.05) is 41.8 Å². The zero-order chi connectivity index (χ0) is 31.1. The van der Waals surface area contributed by atoms with E-state index < -0.39 is 11.7 Å². The smallest absolute Gasteiger partial charge is 0.413 e.